The molecule has 2 heterocycles. The third kappa shape index (κ3) is 2.05. The first kappa shape index (κ1) is 12.4. The second-order valence-corrected chi connectivity index (χ2v) is 4.64. The third-order valence-electron chi connectivity index (χ3n) is 3.31. The van der Waals surface area contributed by atoms with Crippen molar-refractivity contribution in [1.29, 1.82) is 0 Å². The van der Waals surface area contributed by atoms with Gasteiger partial charge in [0.15, 0.2) is 0 Å². The van der Waals surface area contributed by atoms with Gasteiger partial charge < -0.3 is 9.40 Å². The Bertz CT molecular complexity index is 801. The number of rotatable bonds is 2. The minimum atomic E-state index is -0.130. The van der Waals surface area contributed by atoms with Crippen LogP contribution in [0.2, 0.25) is 0 Å². The van der Waals surface area contributed by atoms with Crippen molar-refractivity contribution in [2.45, 2.75) is 13.8 Å². The summed E-state index contributed by atoms with van der Waals surface area (Å²) in [6, 6.07) is 11.5. The second-order valence-electron chi connectivity index (χ2n) is 4.64. The molecule has 0 spiro atoms. The molecule has 0 fully saturated rings. The van der Waals surface area contributed by atoms with Gasteiger partial charge in [0.1, 0.15) is 11.6 Å². The van der Waals surface area contributed by atoms with Gasteiger partial charge in [-0.15, -0.1) is 0 Å². The number of benzene rings is 1. The van der Waals surface area contributed by atoms with E-state index < -0.39 is 0 Å². The molecule has 3 aromatic rings. The number of nitrogens with zero attached hydrogens (tertiary/aromatic N) is 1. The van der Waals surface area contributed by atoms with Crippen LogP contribution in [0.5, 0.6) is 0 Å². The van der Waals surface area contributed by atoms with Crippen LogP contribution >= 0.6 is 0 Å². The lowest BCUT2D eigenvalue weighted by Crippen LogP contribution is -2.14. The van der Waals surface area contributed by atoms with Gasteiger partial charge in [-0.25, -0.2) is 4.98 Å². The van der Waals surface area contributed by atoms with Crippen molar-refractivity contribution >= 4 is 0 Å². The van der Waals surface area contributed by atoms with Gasteiger partial charge in [0.2, 0.25) is 0 Å². The lowest BCUT2D eigenvalue weighted by Gasteiger charge is -2.07. The van der Waals surface area contributed by atoms with Crippen molar-refractivity contribution in [3.8, 4) is 22.6 Å². The fourth-order valence-corrected chi connectivity index (χ4v) is 2.17. The highest BCUT2D eigenvalue weighted by Crippen LogP contribution is 2.24. The average Bonchev–Trinajstić information content (AvgIpc) is 2.89. The number of H-pyrrole nitrogens is 1. The zero-order valence-electron chi connectivity index (χ0n) is 11.3. The number of aromatic amines is 1. The van der Waals surface area contributed by atoms with Gasteiger partial charge in [0.25, 0.3) is 5.56 Å². The molecule has 0 aliphatic heterocycles. The smallest absolute Gasteiger partial charge is 0.254 e. The largest absolute Gasteiger partial charge is 0.469 e. The Morgan fingerprint density at radius 2 is 1.85 bits per heavy atom. The minimum Gasteiger partial charge on any atom is -0.469 e. The van der Waals surface area contributed by atoms with Crippen LogP contribution in [0.3, 0.4) is 0 Å². The molecule has 1 N–H and O–H groups in total. The summed E-state index contributed by atoms with van der Waals surface area (Å²) >= 11 is 0. The van der Waals surface area contributed by atoms with Gasteiger partial charge in [-0.1, -0.05) is 30.3 Å². The molecule has 0 saturated carbocycles. The van der Waals surface area contributed by atoms with E-state index in [4.69, 9.17) is 4.42 Å². The Hall–Kier alpha value is -2.62. The monoisotopic (exact) mass is 266 g/mol. The molecule has 0 radical (unpaired) electrons. The molecule has 0 amide bonds. The Labute approximate surface area is 116 Å². The van der Waals surface area contributed by atoms with Crippen LogP contribution in [0.4, 0.5) is 0 Å². The summed E-state index contributed by atoms with van der Waals surface area (Å²) in [6.07, 6.45) is 1.59. The standard InChI is InChI=1S/C16H14N2O2/c1-10-14(12-6-4-3-5-7-12)17-15(18-16(10)19)13-8-9-20-11(13)2/h3-9H,1-2H3,(H,17,18,19). The molecule has 100 valence electrons. The average molecular weight is 266 g/mol. The fraction of sp³-hybridized carbons (Fsp3) is 0.125. The molecule has 0 unspecified atom stereocenters. The lowest BCUT2D eigenvalue weighted by atomic mass is 10.1. The molecule has 0 atom stereocenters. The van der Waals surface area contributed by atoms with Crippen molar-refractivity contribution in [3.63, 3.8) is 0 Å². The van der Waals surface area contributed by atoms with E-state index in [0.29, 0.717) is 17.1 Å². The number of hydrogen-bond donors (Lipinski definition) is 1. The molecule has 4 nitrogen and oxygen atoms in total. The zero-order valence-corrected chi connectivity index (χ0v) is 11.3. The first-order valence-corrected chi connectivity index (χ1v) is 6.37. The van der Waals surface area contributed by atoms with E-state index in [2.05, 4.69) is 9.97 Å². The van der Waals surface area contributed by atoms with Crippen molar-refractivity contribution in [3.05, 3.63) is 64.3 Å². The van der Waals surface area contributed by atoms with E-state index in [0.717, 1.165) is 16.9 Å². The van der Waals surface area contributed by atoms with Crippen LogP contribution in [0.25, 0.3) is 22.6 Å². The Morgan fingerprint density at radius 1 is 1.10 bits per heavy atom. The summed E-state index contributed by atoms with van der Waals surface area (Å²) in [5.41, 5.74) is 2.92. The molecule has 0 aliphatic carbocycles. The van der Waals surface area contributed by atoms with Crippen molar-refractivity contribution in [2.24, 2.45) is 0 Å². The number of furan rings is 1. The van der Waals surface area contributed by atoms with E-state index in [-0.39, 0.29) is 5.56 Å². The van der Waals surface area contributed by atoms with E-state index >= 15 is 0 Å². The van der Waals surface area contributed by atoms with Crippen LogP contribution < -0.4 is 5.56 Å². The summed E-state index contributed by atoms with van der Waals surface area (Å²) in [5, 5.41) is 0. The molecular weight excluding hydrogens is 252 g/mol. The van der Waals surface area contributed by atoms with Crippen LogP contribution in [-0.4, -0.2) is 9.97 Å². The van der Waals surface area contributed by atoms with Crippen molar-refractivity contribution < 1.29 is 4.42 Å². The third-order valence-corrected chi connectivity index (χ3v) is 3.31. The number of aromatic nitrogens is 2. The van der Waals surface area contributed by atoms with Crippen LogP contribution in [0.15, 0.2) is 51.9 Å². The summed E-state index contributed by atoms with van der Waals surface area (Å²) in [7, 11) is 0. The topological polar surface area (TPSA) is 58.9 Å². The maximum atomic E-state index is 12.1. The van der Waals surface area contributed by atoms with Gasteiger partial charge in [0, 0.05) is 11.1 Å². The molecule has 0 bridgehead atoms. The normalized spacial score (nSPS) is 10.7. The molecular formula is C16H14N2O2. The molecule has 1 aromatic carbocycles. The molecule has 0 saturated heterocycles. The maximum Gasteiger partial charge on any atom is 0.254 e. The van der Waals surface area contributed by atoms with Gasteiger partial charge in [-0.3, -0.25) is 4.79 Å². The van der Waals surface area contributed by atoms with Gasteiger partial charge in [0.05, 0.1) is 17.5 Å². The second kappa shape index (κ2) is 4.81. The molecule has 0 aliphatic rings. The van der Waals surface area contributed by atoms with Gasteiger partial charge in [-0.2, -0.15) is 0 Å². The van der Waals surface area contributed by atoms with Gasteiger partial charge >= 0.3 is 0 Å². The summed E-state index contributed by atoms with van der Waals surface area (Å²) in [5.74, 6) is 1.27. The van der Waals surface area contributed by atoms with E-state index in [9.17, 15) is 4.79 Å². The summed E-state index contributed by atoms with van der Waals surface area (Å²) < 4.78 is 5.27. The Balaban J connectivity index is 2.24. The summed E-state index contributed by atoms with van der Waals surface area (Å²) in [6.45, 7) is 3.62. The van der Waals surface area contributed by atoms with Crippen LogP contribution in [0.1, 0.15) is 11.3 Å². The predicted molar refractivity (Wildman–Crippen MR) is 77.5 cm³/mol. The molecule has 3 rings (SSSR count). The van der Waals surface area contributed by atoms with E-state index in [1.807, 2.05) is 37.3 Å². The van der Waals surface area contributed by atoms with Gasteiger partial charge in [-0.05, 0) is 19.9 Å². The quantitative estimate of drug-likeness (QED) is 0.774. The highest BCUT2D eigenvalue weighted by atomic mass is 16.3. The van der Waals surface area contributed by atoms with E-state index in [1.54, 1.807) is 19.3 Å². The predicted octanol–water partition coefficient (Wildman–Crippen LogP) is 3.31. The Morgan fingerprint density at radius 3 is 2.50 bits per heavy atom. The highest BCUT2D eigenvalue weighted by molar-refractivity contribution is 5.66. The maximum absolute atomic E-state index is 12.1. The molecule has 20 heavy (non-hydrogen) atoms. The number of hydrogen-bond acceptors (Lipinski definition) is 3. The van der Waals surface area contributed by atoms with Crippen molar-refractivity contribution in [1.82, 2.24) is 9.97 Å². The highest BCUT2D eigenvalue weighted by Gasteiger charge is 2.13. The molecule has 4 heteroatoms. The number of nitrogens with one attached hydrogen (secondary N) is 1. The lowest BCUT2D eigenvalue weighted by molar-refractivity contribution is 0.535. The fourth-order valence-electron chi connectivity index (χ4n) is 2.17. The van der Waals surface area contributed by atoms with Crippen LogP contribution in [-0.2, 0) is 0 Å². The summed E-state index contributed by atoms with van der Waals surface area (Å²) in [4.78, 5) is 19.5. The first-order valence-electron chi connectivity index (χ1n) is 6.37. The zero-order chi connectivity index (χ0) is 14.1. The van der Waals surface area contributed by atoms with E-state index in [1.165, 1.54) is 0 Å². The molecule has 2 aromatic heterocycles. The minimum absolute atomic E-state index is 0.130. The SMILES string of the molecule is Cc1occc1-c1nc(-c2ccccc2)c(C)c(=O)[nH]1. The van der Waals surface area contributed by atoms with Crippen LogP contribution in [0, 0.1) is 13.8 Å². The first-order chi connectivity index (χ1) is 9.66. The van der Waals surface area contributed by atoms with Crippen molar-refractivity contribution in [2.75, 3.05) is 0 Å². The number of aryl methyl sites for hydroxylation is 1. The Kier molecular flexibility index (Phi) is 2.99.